The number of esters is 4. The molecule has 0 saturated heterocycles. The Labute approximate surface area is 549 Å². The van der Waals surface area contributed by atoms with Gasteiger partial charge in [0.15, 0.2) is 12.2 Å². The first-order valence-electron chi connectivity index (χ1n) is 36.9. The second kappa shape index (κ2) is 61.9. The molecule has 19 heteroatoms. The molecule has 0 aromatic carbocycles. The predicted octanol–water partition coefficient (Wildman–Crippen LogP) is 20.2. The van der Waals surface area contributed by atoms with E-state index in [1.54, 1.807) is 0 Å². The van der Waals surface area contributed by atoms with Crippen LogP contribution < -0.4 is 0 Å². The van der Waals surface area contributed by atoms with E-state index in [9.17, 15) is 43.2 Å². The van der Waals surface area contributed by atoms with Crippen LogP contribution in [0.4, 0.5) is 0 Å². The molecule has 17 nitrogen and oxygen atoms in total. The second-order valence-corrected chi connectivity index (χ2v) is 29.7. The lowest BCUT2D eigenvalue weighted by molar-refractivity contribution is -0.161. The fourth-order valence-electron chi connectivity index (χ4n) is 10.7. The van der Waals surface area contributed by atoms with Crippen molar-refractivity contribution in [2.24, 2.45) is 17.8 Å². The highest BCUT2D eigenvalue weighted by Crippen LogP contribution is 2.45. The first-order valence-corrected chi connectivity index (χ1v) is 39.9. The molecule has 0 radical (unpaired) electrons. The van der Waals surface area contributed by atoms with Gasteiger partial charge in [-0.1, -0.05) is 305 Å². The van der Waals surface area contributed by atoms with Crippen molar-refractivity contribution >= 4 is 39.5 Å². The molecule has 3 N–H and O–H groups in total. The Morgan fingerprint density at radius 3 is 0.844 bits per heavy atom. The Kier molecular flexibility index (Phi) is 60.6. The summed E-state index contributed by atoms with van der Waals surface area (Å²) in [6.45, 7) is 11.9. The predicted molar refractivity (Wildman–Crippen MR) is 363 cm³/mol. The number of phosphoric ester groups is 2. The average Bonchev–Trinajstić information content (AvgIpc) is 2.98. The molecule has 0 fully saturated rings. The van der Waals surface area contributed by atoms with Gasteiger partial charge in [-0.2, -0.15) is 0 Å². The maximum absolute atomic E-state index is 13.0. The molecule has 0 aliphatic heterocycles. The molecule has 0 aliphatic rings. The van der Waals surface area contributed by atoms with Crippen molar-refractivity contribution in [3.05, 3.63) is 0 Å². The van der Waals surface area contributed by atoms with E-state index in [-0.39, 0.29) is 25.7 Å². The molecule has 0 rings (SSSR count). The Hall–Kier alpha value is -1.94. The zero-order chi connectivity index (χ0) is 66.6. The van der Waals surface area contributed by atoms with Crippen LogP contribution in [0, 0.1) is 17.8 Å². The van der Waals surface area contributed by atoms with Gasteiger partial charge in [0.05, 0.1) is 26.4 Å². The largest absolute Gasteiger partial charge is 0.472 e. The number of phosphoric acid groups is 2. The van der Waals surface area contributed by atoms with E-state index >= 15 is 0 Å². The molecular weight excluding hydrogens is 1190 g/mol. The molecule has 0 amide bonds. The van der Waals surface area contributed by atoms with Crippen molar-refractivity contribution < 1.29 is 80.2 Å². The third-order valence-corrected chi connectivity index (χ3v) is 18.6. The fourth-order valence-corrected chi connectivity index (χ4v) is 12.3. The van der Waals surface area contributed by atoms with Crippen LogP contribution in [0.1, 0.15) is 357 Å². The number of aliphatic hydroxyl groups is 1. The van der Waals surface area contributed by atoms with E-state index in [2.05, 4.69) is 48.5 Å². The van der Waals surface area contributed by atoms with E-state index in [0.717, 1.165) is 120 Å². The van der Waals surface area contributed by atoms with E-state index in [1.165, 1.54) is 154 Å². The van der Waals surface area contributed by atoms with Crippen LogP contribution in [0.25, 0.3) is 0 Å². The van der Waals surface area contributed by atoms with E-state index < -0.39 is 97.5 Å². The third kappa shape index (κ3) is 63.5. The molecule has 0 bridgehead atoms. The number of carbonyl (C=O) groups excluding carboxylic acids is 4. The first-order chi connectivity index (χ1) is 43.3. The van der Waals surface area contributed by atoms with Crippen LogP contribution in [0.3, 0.4) is 0 Å². The summed E-state index contributed by atoms with van der Waals surface area (Å²) < 4.78 is 68.2. The van der Waals surface area contributed by atoms with Crippen molar-refractivity contribution in [3.8, 4) is 0 Å². The van der Waals surface area contributed by atoms with Gasteiger partial charge in [0.25, 0.3) is 0 Å². The van der Waals surface area contributed by atoms with E-state index in [4.69, 9.17) is 37.0 Å². The highest BCUT2D eigenvalue weighted by atomic mass is 31.2. The molecule has 534 valence electrons. The zero-order valence-corrected chi connectivity index (χ0v) is 60.4. The SMILES string of the molecule is CCCCCCCCCC(=O)OC[C@H](COP(=O)(O)OC[C@H](O)COP(=O)(O)OC[C@@H](COC(=O)CCCCCCCCCCCCC(C)CC)OC(=O)CCCCCCCCCCCCCCCC(C)C)OC(=O)CCCCCCCCCCCCC(C)C. The smallest absolute Gasteiger partial charge is 0.462 e. The van der Waals surface area contributed by atoms with Crippen molar-refractivity contribution in [1.29, 1.82) is 0 Å². The molecule has 6 atom stereocenters. The van der Waals surface area contributed by atoms with Gasteiger partial charge >= 0.3 is 39.5 Å². The standard InChI is InChI=1S/C71H138O17P2/c1-8-10-11-12-28-38-45-52-68(73)81-58-66(87-71(76)55-48-41-34-27-20-18-23-30-36-43-50-63(5)6)60-85-89(77,78)83-56-65(72)57-84-90(79,80)86-61-67(59-82-69(74)53-46-39-32-25-21-19-24-31-37-44-51-64(7)9-2)88-70(75)54-47-40-33-26-17-15-13-14-16-22-29-35-42-49-62(3)4/h62-67,72H,8-61H2,1-7H3,(H,77,78)(H,79,80)/t64?,65-,66+,67+/m0/s1. The van der Waals surface area contributed by atoms with Gasteiger partial charge in [0, 0.05) is 25.7 Å². The lowest BCUT2D eigenvalue weighted by Crippen LogP contribution is -2.30. The van der Waals surface area contributed by atoms with Crippen LogP contribution in [0.5, 0.6) is 0 Å². The molecular formula is C71H138O17P2. The Morgan fingerprint density at radius 1 is 0.322 bits per heavy atom. The summed E-state index contributed by atoms with van der Waals surface area (Å²) in [7, 11) is -9.90. The Morgan fingerprint density at radius 2 is 0.567 bits per heavy atom. The monoisotopic (exact) mass is 1320 g/mol. The van der Waals surface area contributed by atoms with Crippen molar-refractivity contribution in [2.75, 3.05) is 39.6 Å². The minimum atomic E-state index is -4.95. The summed E-state index contributed by atoms with van der Waals surface area (Å²) in [5, 5.41) is 10.6. The summed E-state index contributed by atoms with van der Waals surface area (Å²) in [6, 6.07) is 0. The van der Waals surface area contributed by atoms with Gasteiger partial charge < -0.3 is 33.8 Å². The zero-order valence-electron chi connectivity index (χ0n) is 58.6. The molecule has 90 heavy (non-hydrogen) atoms. The minimum absolute atomic E-state index is 0.105. The maximum Gasteiger partial charge on any atom is 0.472 e. The van der Waals surface area contributed by atoms with Crippen LogP contribution in [0.15, 0.2) is 0 Å². The lowest BCUT2D eigenvalue weighted by Gasteiger charge is -2.21. The first kappa shape index (κ1) is 88.1. The fraction of sp³-hybridized carbons (Fsp3) is 0.944. The highest BCUT2D eigenvalue weighted by Gasteiger charge is 2.30. The third-order valence-electron chi connectivity index (χ3n) is 16.7. The molecule has 0 spiro atoms. The normalized spacial score (nSPS) is 14.5. The van der Waals surface area contributed by atoms with Crippen molar-refractivity contribution in [1.82, 2.24) is 0 Å². The lowest BCUT2D eigenvalue weighted by atomic mass is 9.99. The maximum atomic E-state index is 13.0. The van der Waals surface area contributed by atoms with E-state index in [1.807, 2.05) is 0 Å². The summed E-state index contributed by atoms with van der Waals surface area (Å²) in [5.41, 5.74) is 0. The van der Waals surface area contributed by atoms with Crippen molar-refractivity contribution in [3.63, 3.8) is 0 Å². The number of hydrogen-bond donors (Lipinski definition) is 3. The number of carbonyl (C=O) groups is 4. The van der Waals surface area contributed by atoms with Crippen LogP contribution in [-0.4, -0.2) is 96.7 Å². The average molecular weight is 1330 g/mol. The number of unbranched alkanes of at least 4 members (excludes halogenated alkanes) is 36. The van der Waals surface area contributed by atoms with Gasteiger partial charge in [0.1, 0.15) is 19.3 Å². The number of rotatable bonds is 69. The molecule has 0 aliphatic carbocycles. The van der Waals surface area contributed by atoms with Gasteiger partial charge in [-0.05, 0) is 43.4 Å². The summed E-state index contributed by atoms with van der Waals surface area (Å²) >= 11 is 0. The summed E-state index contributed by atoms with van der Waals surface area (Å²) in [6.07, 6.45) is 45.8. The Balaban J connectivity index is 5.22. The second-order valence-electron chi connectivity index (χ2n) is 26.8. The van der Waals surface area contributed by atoms with Crippen molar-refractivity contribution in [2.45, 2.75) is 375 Å². The highest BCUT2D eigenvalue weighted by molar-refractivity contribution is 7.47. The summed E-state index contributed by atoms with van der Waals surface area (Å²) in [4.78, 5) is 72.5. The number of ether oxygens (including phenoxy) is 4. The van der Waals surface area contributed by atoms with E-state index in [0.29, 0.717) is 25.7 Å². The van der Waals surface area contributed by atoms with Gasteiger partial charge in [-0.3, -0.25) is 37.3 Å². The van der Waals surface area contributed by atoms with Gasteiger partial charge in [0.2, 0.25) is 0 Å². The molecule has 0 aromatic heterocycles. The number of aliphatic hydroxyl groups excluding tert-OH is 1. The quantitative estimate of drug-likeness (QED) is 0.0222. The summed E-state index contributed by atoms with van der Waals surface area (Å²) in [5.74, 6) is 0.220. The van der Waals surface area contributed by atoms with Crippen LogP contribution >= 0.6 is 15.6 Å². The molecule has 0 heterocycles. The van der Waals surface area contributed by atoms with Gasteiger partial charge in [-0.15, -0.1) is 0 Å². The van der Waals surface area contributed by atoms with Crippen LogP contribution in [0.2, 0.25) is 0 Å². The molecule has 0 aromatic rings. The van der Waals surface area contributed by atoms with Gasteiger partial charge in [-0.25, -0.2) is 9.13 Å². The topological polar surface area (TPSA) is 237 Å². The molecule has 3 unspecified atom stereocenters. The minimum Gasteiger partial charge on any atom is -0.462 e. The molecule has 0 saturated carbocycles. The van der Waals surface area contributed by atoms with Crippen LogP contribution in [-0.2, 0) is 65.4 Å². The Bertz CT molecular complexity index is 1770. The number of hydrogen-bond acceptors (Lipinski definition) is 15.